The minimum Gasteiger partial charge on any atom is -0.449 e. The number of rotatable bonds is 4. The monoisotopic (exact) mass is 337 g/mol. The number of hydrogen-bond donors (Lipinski definition) is 1. The summed E-state index contributed by atoms with van der Waals surface area (Å²) in [6, 6.07) is 13.5. The van der Waals surface area contributed by atoms with Gasteiger partial charge in [-0.05, 0) is 36.8 Å². The van der Waals surface area contributed by atoms with Gasteiger partial charge in [0.25, 0.3) is 5.91 Å². The second kappa shape index (κ2) is 6.76. The molecule has 0 fully saturated rings. The van der Waals surface area contributed by atoms with Gasteiger partial charge in [0.2, 0.25) is 0 Å². The van der Waals surface area contributed by atoms with Crippen molar-refractivity contribution in [2.45, 2.75) is 20.0 Å². The second-order valence-corrected chi connectivity index (χ2v) is 5.87. The van der Waals surface area contributed by atoms with Crippen LogP contribution < -0.4 is 5.32 Å². The molecular formula is C19H19N3O3. The van der Waals surface area contributed by atoms with Gasteiger partial charge in [0.05, 0.1) is 6.20 Å². The third-order valence-electron chi connectivity index (χ3n) is 4.13. The molecule has 0 saturated heterocycles. The van der Waals surface area contributed by atoms with Crippen LogP contribution in [-0.2, 0) is 16.6 Å². The van der Waals surface area contributed by atoms with Crippen LogP contribution >= 0.6 is 0 Å². The van der Waals surface area contributed by atoms with Gasteiger partial charge in [-0.1, -0.05) is 30.3 Å². The van der Waals surface area contributed by atoms with Crippen molar-refractivity contribution in [1.82, 2.24) is 9.78 Å². The summed E-state index contributed by atoms with van der Waals surface area (Å²) in [6.07, 6.45) is 0.518. The van der Waals surface area contributed by atoms with Crippen molar-refractivity contribution < 1.29 is 14.3 Å². The van der Waals surface area contributed by atoms with Crippen molar-refractivity contribution in [2.24, 2.45) is 7.05 Å². The largest absolute Gasteiger partial charge is 0.449 e. The van der Waals surface area contributed by atoms with Gasteiger partial charge in [-0.25, -0.2) is 4.79 Å². The Morgan fingerprint density at radius 2 is 1.88 bits per heavy atom. The summed E-state index contributed by atoms with van der Waals surface area (Å²) in [5.74, 6) is -0.947. The summed E-state index contributed by atoms with van der Waals surface area (Å²) in [7, 11) is 1.74. The van der Waals surface area contributed by atoms with Crippen LogP contribution in [0.3, 0.4) is 0 Å². The molecule has 0 radical (unpaired) electrons. The third-order valence-corrected chi connectivity index (χ3v) is 4.13. The molecule has 1 amide bonds. The van der Waals surface area contributed by atoms with Gasteiger partial charge in [0.15, 0.2) is 6.10 Å². The van der Waals surface area contributed by atoms with Gasteiger partial charge in [-0.2, -0.15) is 5.10 Å². The van der Waals surface area contributed by atoms with Crippen molar-refractivity contribution in [2.75, 3.05) is 5.32 Å². The highest BCUT2D eigenvalue weighted by Gasteiger charge is 2.21. The molecule has 1 atom stereocenters. The average molecular weight is 337 g/mol. The molecule has 1 N–H and O–H groups in total. The number of hydrogen-bond acceptors (Lipinski definition) is 4. The predicted octanol–water partition coefficient (Wildman–Crippen LogP) is 3.07. The fraction of sp³-hybridized carbons (Fsp3) is 0.211. The first-order valence-corrected chi connectivity index (χ1v) is 7.95. The SMILES string of the molecule is Cc1c(C(=O)OC(C)C(=O)Nc2ccc3ccccc3c2)cnn1C. The molecular weight excluding hydrogens is 318 g/mol. The summed E-state index contributed by atoms with van der Waals surface area (Å²) in [4.78, 5) is 24.5. The van der Waals surface area contributed by atoms with Crippen molar-refractivity contribution in [3.8, 4) is 0 Å². The highest BCUT2D eigenvalue weighted by atomic mass is 16.5. The molecule has 3 aromatic rings. The number of nitrogens with zero attached hydrogens (tertiary/aromatic N) is 2. The van der Waals surface area contributed by atoms with Gasteiger partial charge < -0.3 is 10.1 Å². The minimum absolute atomic E-state index is 0.354. The highest BCUT2D eigenvalue weighted by molar-refractivity contribution is 5.99. The molecule has 0 aliphatic rings. The Morgan fingerprint density at radius 1 is 1.16 bits per heavy atom. The third kappa shape index (κ3) is 3.52. The number of nitrogens with one attached hydrogen (secondary N) is 1. The number of amides is 1. The molecule has 0 saturated carbocycles. The Labute approximate surface area is 145 Å². The predicted molar refractivity (Wildman–Crippen MR) is 95.4 cm³/mol. The lowest BCUT2D eigenvalue weighted by molar-refractivity contribution is -0.123. The topological polar surface area (TPSA) is 73.2 Å². The van der Waals surface area contributed by atoms with E-state index < -0.39 is 12.1 Å². The van der Waals surface area contributed by atoms with Gasteiger partial charge in [0, 0.05) is 18.4 Å². The van der Waals surface area contributed by atoms with Gasteiger partial charge >= 0.3 is 5.97 Å². The van der Waals surface area contributed by atoms with E-state index in [2.05, 4.69) is 10.4 Å². The molecule has 1 aromatic heterocycles. The van der Waals surface area contributed by atoms with E-state index in [9.17, 15) is 9.59 Å². The number of carbonyl (C=O) groups is 2. The molecule has 6 nitrogen and oxygen atoms in total. The van der Waals surface area contributed by atoms with Crippen LogP contribution in [0.25, 0.3) is 10.8 Å². The Morgan fingerprint density at radius 3 is 2.56 bits per heavy atom. The Bertz CT molecular complexity index is 946. The molecule has 0 spiro atoms. The highest BCUT2D eigenvalue weighted by Crippen LogP contribution is 2.19. The van der Waals surface area contributed by atoms with Gasteiger partial charge in [0.1, 0.15) is 5.56 Å². The van der Waals surface area contributed by atoms with E-state index >= 15 is 0 Å². The maximum absolute atomic E-state index is 12.3. The lowest BCUT2D eigenvalue weighted by Gasteiger charge is -2.13. The lowest BCUT2D eigenvalue weighted by Crippen LogP contribution is -2.30. The smallest absolute Gasteiger partial charge is 0.342 e. The van der Waals surface area contributed by atoms with Crippen LogP contribution in [0.5, 0.6) is 0 Å². The van der Waals surface area contributed by atoms with E-state index in [1.54, 1.807) is 25.6 Å². The maximum atomic E-state index is 12.3. The van der Waals surface area contributed by atoms with E-state index in [4.69, 9.17) is 4.74 Å². The number of anilines is 1. The number of aromatic nitrogens is 2. The molecule has 2 aromatic carbocycles. The number of carbonyl (C=O) groups excluding carboxylic acids is 2. The number of aryl methyl sites for hydroxylation is 1. The summed E-state index contributed by atoms with van der Waals surface area (Å²) in [6.45, 7) is 3.31. The van der Waals surface area contributed by atoms with Crippen LogP contribution in [0.4, 0.5) is 5.69 Å². The molecule has 0 aliphatic carbocycles. The van der Waals surface area contributed by atoms with E-state index in [0.29, 0.717) is 16.9 Å². The number of ether oxygens (including phenoxy) is 1. The first-order valence-electron chi connectivity index (χ1n) is 7.95. The molecule has 128 valence electrons. The zero-order valence-corrected chi connectivity index (χ0v) is 14.3. The van der Waals surface area contributed by atoms with Crippen LogP contribution in [0.1, 0.15) is 23.0 Å². The molecule has 25 heavy (non-hydrogen) atoms. The van der Waals surface area contributed by atoms with Crippen LogP contribution in [-0.4, -0.2) is 27.8 Å². The first kappa shape index (κ1) is 16.7. The molecule has 3 rings (SSSR count). The van der Waals surface area contributed by atoms with Crippen molar-refractivity contribution in [3.05, 3.63) is 59.9 Å². The van der Waals surface area contributed by atoms with Gasteiger partial charge in [-0.3, -0.25) is 9.48 Å². The Kier molecular flexibility index (Phi) is 4.52. The number of fused-ring (bicyclic) bond motifs is 1. The van der Waals surface area contributed by atoms with Crippen molar-refractivity contribution in [1.29, 1.82) is 0 Å². The molecule has 6 heteroatoms. The molecule has 0 bridgehead atoms. The van der Waals surface area contributed by atoms with Crippen LogP contribution in [0, 0.1) is 6.92 Å². The Hall–Kier alpha value is -3.15. The molecule has 1 unspecified atom stereocenters. The molecule has 1 heterocycles. The maximum Gasteiger partial charge on any atom is 0.342 e. The second-order valence-electron chi connectivity index (χ2n) is 5.87. The quantitative estimate of drug-likeness (QED) is 0.743. The summed E-state index contributed by atoms with van der Waals surface area (Å²) in [5.41, 5.74) is 1.70. The van der Waals surface area contributed by atoms with E-state index in [0.717, 1.165) is 10.8 Å². The zero-order valence-electron chi connectivity index (χ0n) is 14.3. The minimum atomic E-state index is -0.918. The number of benzene rings is 2. The first-order chi connectivity index (χ1) is 12.0. The van der Waals surface area contributed by atoms with E-state index in [1.807, 2.05) is 42.5 Å². The summed E-state index contributed by atoms with van der Waals surface area (Å²) < 4.78 is 6.83. The van der Waals surface area contributed by atoms with Gasteiger partial charge in [-0.15, -0.1) is 0 Å². The normalized spacial score (nSPS) is 12.0. The van der Waals surface area contributed by atoms with Crippen LogP contribution in [0.15, 0.2) is 48.7 Å². The van der Waals surface area contributed by atoms with Crippen LogP contribution in [0.2, 0.25) is 0 Å². The zero-order chi connectivity index (χ0) is 18.0. The summed E-state index contributed by atoms with van der Waals surface area (Å²) >= 11 is 0. The fourth-order valence-electron chi connectivity index (χ4n) is 2.49. The Balaban J connectivity index is 1.67. The average Bonchev–Trinajstić information content (AvgIpc) is 2.94. The lowest BCUT2D eigenvalue weighted by atomic mass is 10.1. The number of esters is 1. The van der Waals surface area contributed by atoms with Crippen molar-refractivity contribution in [3.63, 3.8) is 0 Å². The van der Waals surface area contributed by atoms with Crippen molar-refractivity contribution >= 4 is 28.3 Å². The standard InChI is InChI=1S/C19H19N3O3/c1-12-17(11-20-22(12)3)19(24)25-13(2)18(23)21-16-9-8-14-6-4-5-7-15(14)10-16/h4-11,13H,1-3H3,(H,21,23). The fourth-order valence-corrected chi connectivity index (χ4v) is 2.49. The summed E-state index contributed by atoms with van der Waals surface area (Å²) in [5, 5.41) is 8.89. The molecule has 0 aliphatic heterocycles. The van der Waals surface area contributed by atoms with E-state index in [-0.39, 0.29) is 5.91 Å². The van der Waals surface area contributed by atoms with E-state index in [1.165, 1.54) is 6.20 Å².